The van der Waals surface area contributed by atoms with Gasteiger partial charge in [-0.05, 0) is 12.1 Å². The second-order valence-corrected chi connectivity index (χ2v) is 4.74. The van der Waals surface area contributed by atoms with E-state index < -0.39 is 0 Å². The van der Waals surface area contributed by atoms with E-state index in [2.05, 4.69) is 14.5 Å². The number of nitrogens with zero attached hydrogens (tertiary/aromatic N) is 4. The van der Waals surface area contributed by atoms with Gasteiger partial charge in [0.05, 0.1) is 12.5 Å². The number of hydrogen-bond donors (Lipinski definition) is 0. The Morgan fingerprint density at radius 3 is 3.16 bits per heavy atom. The molecule has 1 aliphatic rings. The molecule has 0 spiro atoms. The first kappa shape index (κ1) is 9.27. The molecule has 90 valence electrons. The Morgan fingerprint density at radius 1 is 1.21 bits per heavy atom. The quantitative estimate of drug-likeness (QED) is 0.393. The van der Waals surface area contributed by atoms with Crippen LogP contribution in [0.5, 0.6) is 0 Å². The highest BCUT2D eigenvalue weighted by molar-refractivity contribution is 5.88. The van der Waals surface area contributed by atoms with Gasteiger partial charge in [-0.15, -0.1) is 4.57 Å². The van der Waals surface area contributed by atoms with Crippen molar-refractivity contribution in [1.29, 1.82) is 0 Å². The number of hydrogen-bond acceptors (Lipinski definition) is 3. The van der Waals surface area contributed by atoms with E-state index in [4.69, 9.17) is 4.42 Å². The lowest BCUT2D eigenvalue weighted by atomic mass is 10.2. The van der Waals surface area contributed by atoms with Crippen LogP contribution in [0.3, 0.4) is 0 Å². The second-order valence-electron chi connectivity index (χ2n) is 4.74. The third-order valence-electron chi connectivity index (χ3n) is 3.71. The lowest BCUT2D eigenvalue weighted by molar-refractivity contribution is -0.648. The molecule has 0 fully saturated rings. The van der Waals surface area contributed by atoms with Crippen LogP contribution < -0.4 is 4.57 Å². The predicted octanol–water partition coefficient (Wildman–Crippen LogP) is 1.79. The fraction of sp³-hybridized carbons (Fsp3) is 0.0714. The monoisotopic (exact) mass is 249 g/mol. The van der Waals surface area contributed by atoms with Crippen molar-refractivity contribution in [3.05, 3.63) is 48.8 Å². The highest BCUT2D eigenvalue weighted by Crippen LogP contribution is 2.32. The van der Waals surface area contributed by atoms with Crippen LogP contribution in [0.15, 0.2) is 47.7 Å². The Bertz CT molecular complexity index is 951. The van der Waals surface area contributed by atoms with E-state index in [0.29, 0.717) is 0 Å². The van der Waals surface area contributed by atoms with Crippen LogP contribution in [0.4, 0.5) is 0 Å². The smallest absolute Gasteiger partial charge is 0.384 e. The molecule has 0 bridgehead atoms. The molecule has 0 N–H and O–H groups in total. The Balaban J connectivity index is 1.94. The highest BCUT2D eigenvalue weighted by atomic mass is 16.4. The van der Waals surface area contributed by atoms with Gasteiger partial charge in [0, 0.05) is 24.2 Å². The molecule has 0 unspecified atom stereocenters. The molecule has 4 aromatic rings. The third-order valence-corrected chi connectivity index (χ3v) is 3.71. The summed E-state index contributed by atoms with van der Waals surface area (Å²) in [4.78, 5) is 8.31. The topological polar surface area (TPSA) is 47.2 Å². The largest absolute Gasteiger partial charge is 0.396 e. The van der Waals surface area contributed by atoms with Gasteiger partial charge in [0.25, 0.3) is 5.52 Å². The minimum absolute atomic E-state index is 0.835. The molecule has 5 heterocycles. The first-order valence-corrected chi connectivity index (χ1v) is 6.12. The molecule has 0 saturated carbocycles. The summed E-state index contributed by atoms with van der Waals surface area (Å²) in [5.41, 5.74) is 5.46. The van der Waals surface area contributed by atoms with Crippen LogP contribution in [-0.2, 0) is 6.54 Å². The predicted molar refractivity (Wildman–Crippen MR) is 67.5 cm³/mol. The fourth-order valence-corrected chi connectivity index (χ4v) is 2.87. The Morgan fingerprint density at radius 2 is 2.16 bits per heavy atom. The van der Waals surface area contributed by atoms with Crippen LogP contribution in [0, 0.1) is 0 Å². The number of aromatic nitrogens is 4. The molecular formula is C14H9N4O+. The fourth-order valence-electron chi connectivity index (χ4n) is 2.87. The van der Waals surface area contributed by atoms with Crippen LogP contribution >= 0.6 is 0 Å². The zero-order valence-corrected chi connectivity index (χ0v) is 9.95. The molecule has 5 heteroatoms. The zero-order valence-electron chi connectivity index (χ0n) is 9.95. The lowest BCUT2D eigenvalue weighted by Crippen LogP contribution is -2.30. The first-order valence-electron chi connectivity index (χ1n) is 6.12. The molecule has 0 aromatic carbocycles. The summed E-state index contributed by atoms with van der Waals surface area (Å²) in [6, 6.07) is 4.05. The molecule has 4 aromatic heterocycles. The maximum atomic E-state index is 6.00. The standard InChI is InChI=1S/C14H9N4O/c1-3-15-5-10-9(1)6-18-13-11-2-4-16-8-17(11)7-12(13)19-14(10)18/h1-5,7-8H,6H2/q+1. The van der Waals surface area contributed by atoms with Gasteiger partial charge < -0.3 is 4.42 Å². The van der Waals surface area contributed by atoms with Gasteiger partial charge in [-0.1, -0.05) is 0 Å². The van der Waals surface area contributed by atoms with E-state index in [9.17, 15) is 0 Å². The van der Waals surface area contributed by atoms with E-state index in [1.165, 1.54) is 5.56 Å². The molecule has 0 saturated heterocycles. The summed E-state index contributed by atoms with van der Waals surface area (Å²) >= 11 is 0. The first-order chi connectivity index (χ1) is 9.42. The zero-order chi connectivity index (χ0) is 12.4. The lowest BCUT2D eigenvalue weighted by Gasteiger charge is -1.90. The van der Waals surface area contributed by atoms with Crippen molar-refractivity contribution in [2.45, 2.75) is 6.54 Å². The number of oxazole rings is 1. The van der Waals surface area contributed by atoms with Crippen molar-refractivity contribution in [3.8, 4) is 11.5 Å². The molecule has 1 aliphatic heterocycles. The van der Waals surface area contributed by atoms with E-state index in [1.54, 1.807) is 12.5 Å². The number of rotatable bonds is 0. The molecular weight excluding hydrogens is 240 g/mol. The van der Waals surface area contributed by atoms with Gasteiger partial charge in [0.15, 0.2) is 6.54 Å². The minimum atomic E-state index is 0.835. The summed E-state index contributed by atoms with van der Waals surface area (Å²) in [5, 5.41) is 0. The summed E-state index contributed by atoms with van der Waals surface area (Å²) in [5.74, 6) is 0.896. The molecule has 0 aliphatic carbocycles. The molecule has 0 radical (unpaired) electrons. The van der Waals surface area contributed by atoms with Crippen molar-refractivity contribution in [1.82, 2.24) is 14.4 Å². The summed E-state index contributed by atoms with van der Waals surface area (Å²) in [7, 11) is 0. The van der Waals surface area contributed by atoms with E-state index in [-0.39, 0.29) is 0 Å². The summed E-state index contributed by atoms with van der Waals surface area (Å²) in [6.07, 6.45) is 9.26. The van der Waals surface area contributed by atoms with Gasteiger partial charge in [-0.3, -0.25) is 9.38 Å². The van der Waals surface area contributed by atoms with Crippen molar-refractivity contribution < 1.29 is 8.98 Å². The minimum Gasteiger partial charge on any atom is -0.396 e. The normalized spacial score (nSPS) is 13.1. The SMILES string of the molecule is c1cc2c(cn1)-c1oc3cn4cnccc4c3[n+]1C2. The van der Waals surface area contributed by atoms with Gasteiger partial charge in [-0.25, -0.2) is 4.98 Å². The van der Waals surface area contributed by atoms with E-state index in [1.807, 2.05) is 35.1 Å². The molecule has 5 rings (SSSR count). The maximum absolute atomic E-state index is 6.00. The van der Waals surface area contributed by atoms with Crippen molar-refractivity contribution in [2.24, 2.45) is 0 Å². The Hall–Kier alpha value is -2.69. The van der Waals surface area contributed by atoms with Crippen molar-refractivity contribution in [3.63, 3.8) is 0 Å². The highest BCUT2D eigenvalue weighted by Gasteiger charge is 2.35. The van der Waals surface area contributed by atoms with Gasteiger partial charge in [0.1, 0.15) is 11.1 Å². The summed E-state index contributed by atoms with van der Waals surface area (Å²) < 4.78 is 10.2. The number of pyridine rings is 1. The average Bonchev–Trinajstić information content (AvgIpc) is 3.05. The maximum Gasteiger partial charge on any atom is 0.384 e. The van der Waals surface area contributed by atoms with Crippen LogP contribution in [0.25, 0.3) is 28.1 Å². The third kappa shape index (κ3) is 1.03. The number of fused-ring (bicyclic) bond motifs is 7. The van der Waals surface area contributed by atoms with Crippen LogP contribution in [-0.4, -0.2) is 14.4 Å². The molecule has 5 nitrogen and oxygen atoms in total. The molecule has 0 atom stereocenters. The van der Waals surface area contributed by atoms with Crippen molar-refractivity contribution >= 4 is 16.6 Å². The average molecular weight is 249 g/mol. The van der Waals surface area contributed by atoms with Gasteiger partial charge in [-0.2, -0.15) is 0 Å². The van der Waals surface area contributed by atoms with Gasteiger partial charge >= 0.3 is 5.89 Å². The second kappa shape index (κ2) is 3.00. The Kier molecular flexibility index (Phi) is 1.46. The van der Waals surface area contributed by atoms with Crippen molar-refractivity contribution in [2.75, 3.05) is 0 Å². The molecule has 19 heavy (non-hydrogen) atoms. The molecule has 0 amide bonds. The van der Waals surface area contributed by atoms with Crippen LogP contribution in [0.2, 0.25) is 0 Å². The van der Waals surface area contributed by atoms with Crippen LogP contribution in [0.1, 0.15) is 5.56 Å². The Labute approximate surface area is 107 Å². The van der Waals surface area contributed by atoms with Gasteiger partial charge in [0.2, 0.25) is 5.58 Å². The van der Waals surface area contributed by atoms with E-state index in [0.717, 1.165) is 34.6 Å². The van der Waals surface area contributed by atoms with E-state index >= 15 is 0 Å². The summed E-state index contributed by atoms with van der Waals surface area (Å²) in [6.45, 7) is 0.835.